The molecule has 0 amide bonds. The Hall–Kier alpha value is -0.660. The molecule has 98 valence electrons. The van der Waals surface area contributed by atoms with Crippen LogP contribution in [-0.4, -0.2) is 11.6 Å². The number of ketones is 2. The number of hydrogen-bond donors (Lipinski definition) is 0. The van der Waals surface area contributed by atoms with E-state index in [9.17, 15) is 9.59 Å². The van der Waals surface area contributed by atoms with Crippen LogP contribution in [0.2, 0.25) is 0 Å². The summed E-state index contributed by atoms with van der Waals surface area (Å²) < 4.78 is 0. The molecule has 0 N–H and O–H groups in total. The summed E-state index contributed by atoms with van der Waals surface area (Å²) in [6.07, 6.45) is 11.0. The van der Waals surface area contributed by atoms with Crippen molar-refractivity contribution in [2.24, 2.45) is 5.92 Å². The molecule has 2 nitrogen and oxygen atoms in total. The van der Waals surface area contributed by atoms with Gasteiger partial charge in [-0.25, -0.2) is 0 Å². The zero-order chi connectivity index (χ0) is 12.5. The van der Waals surface area contributed by atoms with Gasteiger partial charge in [0.1, 0.15) is 11.6 Å². The van der Waals surface area contributed by atoms with Crippen LogP contribution in [0.5, 0.6) is 0 Å². The van der Waals surface area contributed by atoms with Crippen molar-refractivity contribution in [3.63, 3.8) is 0 Å². The molecule has 0 spiro atoms. The third-order valence-electron chi connectivity index (χ3n) is 3.74. The molecule has 0 aromatic carbocycles. The molecule has 1 rings (SSSR count). The van der Waals surface area contributed by atoms with E-state index in [0.29, 0.717) is 6.42 Å². The quantitative estimate of drug-likeness (QED) is 0.448. The minimum atomic E-state index is 0.165. The fourth-order valence-corrected chi connectivity index (χ4v) is 2.60. The van der Waals surface area contributed by atoms with E-state index < -0.39 is 0 Å². The van der Waals surface area contributed by atoms with Crippen molar-refractivity contribution in [3.8, 4) is 0 Å². The Morgan fingerprint density at radius 2 is 1.65 bits per heavy atom. The highest BCUT2D eigenvalue weighted by atomic mass is 16.1. The summed E-state index contributed by atoms with van der Waals surface area (Å²) in [4.78, 5) is 23.4. The maximum absolute atomic E-state index is 11.8. The van der Waals surface area contributed by atoms with E-state index in [1.807, 2.05) is 0 Å². The van der Waals surface area contributed by atoms with Gasteiger partial charge in [-0.3, -0.25) is 9.59 Å². The summed E-state index contributed by atoms with van der Waals surface area (Å²) in [5.74, 6) is 0.582. The van der Waals surface area contributed by atoms with Crippen molar-refractivity contribution >= 4 is 11.6 Å². The summed E-state index contributed by atoms with van der Waals surface area (Å²) in [5.41, 5.74) is 0. The summed E-state index contributed by atoms with van der Waals surface area (Å²) in [5, 5.41) is 0. The summed E-state index contributed by atoms with van der Waals surface area (Å²) in [6.45, 7) is 2.19. The molecule has 2 heteroatoms. The standard InChI is InChI=1S/C15H26O2/c1-2-3-4-5-6-11-14(16)12-15(17)13-9-7-8-10-13/h13H,2-12H2,1H3. The molecule has 1 fully saturated rings. The van der Waals surface area contributed by atoms with Crippen molar-refractivity contribution in [1.82, 2.24) is 0 Å². The van der Waals surface area contributed by atoms with Crippen molar-refractivity contribution in [2.45, 2.75) is 77.6 Å². The topological polar surface area (TPSA) is 34.1 Å². The van der Waals surface area contributed by atoms with E-state index >= 15 is 0 Å². The third-order valence-corrected chi connectivity index (χ3v) is 3.74. The van der Waals surface area contributed by atoms with Gasteiger partial charge in [0.05, 0.1) is 6.42 Å². The average Bonchev–Trinajstić information content (AvgIpc) is 2.82. The van der Waals surface area contributed by atoms with Crippen LogP contribution in [0, 0.1) is 5.92 Å². The van der Waals surface area contributed by atoms with Crippen LogP contribution in [0.25, 0.3) is 0 Å². The predicted octanol–water partition coefficient (Wildman–Crippen LogP) is 4.07. The Bertz CT molecular complexity index is 239. The Kier molecular flexibility index (Phi) is 7.14. The highest BCUT2D eigenvalue weighted by molar-refractivity contribution is 6.00. The monoisotopic (exact) mass is 238 g/mol. The lowest BCUT2D eigenvalue weighted by molar-refractivity contribution is -0.129. The number of carbonyl (C=O) groups is 2. The van der Waals surface area contributed by atoms with Crippen LogP contribution in [0.15, 0.2) is 0 Å². The molecule has 1 aliphatic rings. The van der Waals surface area contributed by atoms with Gasteiger partial charge in [0.25, 0.3) is 0 Å². The third kappa shape index (κ3) is 5.99. The van der Waals surface area contributed by atoms with Crippen LogP contribution in [-0.2, 0) is 9.59 Å². The van der Waals surface area contributed by atoms with Crippen molar-refractivity contribution in [2.75, 3.05) is 0 Å². The maximum Gasteiger partial charge on any atom is 0.143 e. The lowest BCUT2D eigenvalue weighted by Crippen LogP contribution is -2.15. The molecule has 0 aromatic rings. The molecule has 0 unspecified atom stereocenters. The fourth-order valence-electron chi connectivity index (χ4n) is 2.60. The molecule has 0 radical (unpaired) electrons. The zero-order valence-electron chi connectivity index (χ0n) is 11.2. The maximum atomic E-state index is 11.8. The van der Waals surface area contributed by atoms with Gasteiger partial charge in [-0.1, -0.05) is 45.4 Å². The van der Waals surface area contributed by atoms with Crippen LogP contribution in [0.3, 0.4) is 0 Å². The molecule has 0 saturated heterocycles. The number of carbonyl (C=O) groups excluding carboxylic acids is 2. The smallest absolute Gasteiger partial charge is 0.143 e. The minimum absolute atomic E-state index is 0.165. The van der Waals surface area contributed by atoms with Gasteiger partial charge >= 0.3 is 0 Å². The van der Waals surface area contributed by atoms with Crippen molar-refractivity contribution in [3.05, 3.63) is 0 Å². The molecule has 0 aromatic heterocycles. The van der Waals surface area contributed by atoms with Gasteiger partial charge in [0.15, 0.2) is 0 Å². The second-order valence-corrected chi connectivity index (χ2v) is 5.33. The van der Waals surface area contributed by atoms with E-state index in [1.165, 1.54) is 32.1 Å². The molecule has 0 bridgehead atoms. The number of hydrogen-bond acceptors (Lipinski definition) is 2. The normalized spacial score (nSPS) is 16.3. The number of Topliss-reactive ketones (excluding diaryl/α,β-unsaturated/α-hetero) is 2. The Morgan fingerprint density at radius 3 is 2.29 bits per heavy atom. The highest BCUT2D eigenvalue weighted by Crippen LogP contribution is 2.26. The largest absolute Gasteiger partial charge is 0.299 e. The summed E-state index contributed by atoms with van der Waals surface area (Å²) in [6, 6.07) is 0. The molecule has 1 aliphatic carbocycles. The number of unbranched alkanes of at least 4 members (excludes halogenated alkanes) is 4. The fraction of sp³-hybridized carbons (Fsp3) is 0.867. The van der Waals surface area contributed by atoms with Crippen molar-refractivity contribution in [1.29, 1.82) is 0 Å². The molecule has 0 atom stereocenters. The van der Waals surface area contributed by atoms with E-state index in [2.05, 4.69) is 6.92 Å². The summed E-state index contributed by atoms with van der Waals surface area (Å²) >= 11 is 0. The highest BCUT2D eigenvalue weighted by Gasteiger charge is 2.23. The van der Waals surface area contributed by atoms with Crippen LogP contribution in [0.4, 0.5) is 0 Å². The number of rotatable bonds is 9. The summed E-state index contributed by atoms with van der Waals surface area (Å²) in [7, 11) is 0. The van der Waals surface area contributed by atoms with E-state index in [-0.39, 0.29) is 23.9 Å². The van der Waals surface area contributed by atoms with Crippen molar-refractivity contribution < 1.29 is 9.59 Å². The molecular weight excluding hydrogens is 212 g/mol. The minimum Gasteiger partial charge on any atom is -0.299 e. The van der Waals surface area contributed by atoms with Crippen LogP contribution in [0.1, 0.15) is 77.6 Å². The second-order valence-electron chi connectivity index (χ2n) is 5.33. The first-order chi connectivity index (χ1) is 8.24. The first-order valence-corrected chi connectivity index (χ1v) is 7.28. The molecule has 0 heterocycles. The first kappa shape index (κ1) is 14.4. The van der Waals surface area contributed by atoms with Gasteiger partial charge in [-0.05, 0) is 19.3 Å². The predicted molar refractivity (Wildman–Crippen MR) is 70.0 cm³/mol. The molecule has 1 saturated carbocycles. The van der Waals surface area contributed by atoms with Gasteiger partial charge in [-0.15, -0.1) is 0 Å². The first-order valence-electron chi connectivity index (χ1n) is 7.28. The molecule has 17 heavy (non-hydrogen) atoms. The lowest BCUT2D eigenvalue weighted by Gasteiger charge is -2.06. The Morgan fingerprint density at radius 1 is 1.00 bits per heavy atom. The van der Waals surface area contributed by atoms with Crippen LogP contribution < -0.4 is 0 Å². The second kappa shape index (κ2) is 8.43. The molecular formula is C15H26O2. The SMILES string of the molecule is CCCCCCCC(=O)CC(=O)C1CCCC1. The van der Waals surface area contributed by atoms with Gasteiger partial charge in [0.2, 0.25) is 0 Å². The Balaban J connectivity index is 2.05. The van der Waals surface area contributed by atoms with E-state index in [1.54, 1.807) is 0 Å². The van der Waals surface area contributed by atoms with E-state index in [0.717, 1.165) is 25.7 Å². The van der Waals surface area contributed by atoms with Gasteiger partial charge < -0.3 is 0 Å². The average molecular weight is 238 g/mol. The van der Waals surface area contributed by atoms with E-state index in [4.69, 9.17) is 0 Å². The van der Waals surface area contributed by atoms with Gasteiger partial charge in [-0.2, -0.15) is 0 Å². The zero-order valence-corrected chi connectivity index (χ0v) is 11.2. The Labute approximate surface area is 105 Å². The van der Waals surface area contributed by atoms with Crippen LogP contribution >= 0.6 is 0 Å². The molecule has 0 aliphatic heterocycles. The lowest BCUT2D eigenvalue weighted by atomic mass is 9.96. The van der Waals surface area contributed by atoms with Gasteiger partial charge in [0, 0.05) is 12.3 Å².